The van der Waals surface area contributed by atoms with E-state index in [0.717, 1.165) is 24.8 Å². The molecule has 158 valence electrons. The summed E-state index contributed by atoms with van der Waals surface area (Å²) in [6, 6.07) is 4.63. The molecule has 1 aliphatic rings. The average molecular weight is 411 g/mol. The molecule has 1 fully saturated rings. The number of hydrogen-bond donors (Lipinski definition) is 2. The normalized spacial score (nSPS) is 16.1. The van der Waals surface area contributed by atoms with Crippen molar-refractivity contribution in [2.24, 2.45) is 0 Å². The number of carbonyl (C=O) groups is 1. The maximum atomic E-state index is 12.5. The van der Waals surface area contributed by atoms with Gasteiger partial charge in [-0.05, 0) is 64.7 Å². The largest absolute Gasteiger partial charge is 0.378 e. The maximum absolute atomic E-state index is 12.5. The second kappa shape index (κ2) is 9.85. The lowest BCUT2D eigenvalue weighted by Crippen LogP contribution is -2.40. The molecule has 28 heavy (non-hydrogen) atoms. The van der Waals surface area contributed by atoms with Crippen molar-refractivity contribution in [3.05, 3.63) is 29.3 Å². The van der Waals surface area contributed by atoms with E-state index in [1.165, 1.54) is 31.4 Å². The lowest BCUT2D eigenvalue weighted by molar-refractivity contribution is 0.0273. The molecule has 1 aromatic carbocycles. The molecule has 0 aromatic heterocycles. The third-order valence-corrected chi connectivity index (χ3v) is 6.47. The van der Waals surface area contributed by atoms with Crippen LogP contribution >= 0.6 is 0 Å². The number of ether oxygens (including phenoxy) is 1. The number of carbonyl (C=O) groups excluding carboxylic acids is 1. The van der Waals surface area contributed by atoms with E-state index in [9.17, 15) is 13.2 Å². The molecule has 0 atom stereocenters. The van der Waals surface area contributed by atoms with Crippen molar-refractivity contribution in [1.29, 1.82) is 0 Å². The molecule has 1 aromatic rings. The second-order valence-electron chi connectivity index (χ2n) is 8.57. The van der Waals surface area contributed by atoms with E-state index in [-0.39, 0.29) is 10.8 Å². The van der Waals surface area contributed by atoms with Gasteiger partial charge in [-0.2, -0.15) is 0 Å². The minimum atomic E-state index is -3.68. The van der Waals surface area contributed by atoms with Crippen molar-refractivity contribution in [3.63, 3.8) is 0 Å². The summed E-state index contributed by atoms with van der Waals surface area (Å²) in [5.41, 5.74) is 0.528. The first kappa shape index (κ1) is 22.8. The van der Waals surface area contributed by atoms with Gasteiger partial charge in [-0.15, -0.1) is 0 Å². The predicted octanol–water partition coefficient (Wildman–Crippen LogP) is 3.54. The van der Waals surface area contributed by atoms with Gasteiger partial charge in [0.05, 0.1) is 11.0 Å². The summed E-state index contributed by atoms with van der Waals surface area (Å²) in [5, 5.41) is 2.87. The zero-order valence-corrected chi connectivity index (χ0v) is 18.3. The maximum Gasteiger partial charge on any atom is 0.251 e. The lowest BCUT2D eigenvalue weighted by Gasteiger charge is -2.22. The van der Waals surface area contributed by atoms with Gasteiger partial charge in [0.15, 0.2) is 0 Å². The molecule has 7 heteroatoms. The predicted molar refractivity (Wildman–Crippen MR) is 111 cm³/mol. The molecule has 0 saturated heterocycles. The molecule has 0 spiro atoms. The highest BCUT2D eigenvalue weighted by atomic mass is 32.2. The Labute approximate surface area is 169 Å². The molecule has 1 saturated carbocycles. The highest BCUT2D eigenvalue weighted by molar-refractivity contribution is 7.89. The fourth-order valence-corrected chi connectivity index (χ4v) is 4.77. The quantitative estimate of drug-likeness (QED) is 0.642. The van der Waals surface area contributed by atoms with Gasteiger partial charge in [0.1, 0.15) is 0 Å². The van der Waals surface area contributed by atoms with E-state index in [0.29, 0.717) is 24.8 Å². The summed E-state index contributed by atoms with van der Waals surface area (Å²) in [6.45, 7) is 8.27. The molecule has 0 aliphatic heterocycles. The van der Waals surface area contributed by atoms with Crippen LogP contribution in [0.1, 0.15) is 75.2 Å². The van der Waals surface area contributed by atoms with Crippen LogP contribution < -0.4 is 10.0 Å². The number of sulfonamides is 1. The van der Waals surface area contributed by atoms with Gasteiger partial charge in [0.2, 0.25) is 10.0 Å². The fraction of sp³-hybridized carbons (Fsp3) is 0.667. The van der Waals surface area contributed by atoms with Gasteiger partial charge in [-0.3, -0.25) is 4.79 Å². The van der Waals surface area contributed by atoms with Crippen LogP contribution in [-0.4, -0.2) is 39.1 Å². The van der Waals surface area contributed by atoms with Crippen LogP contribution in [0.15, 0.2) is 23.1 Å². The highest BCUT2D eigenvalue weighted by Gasteiger charge is 2.23. The first-order chi connectivity index (χ1) is 13.1. The van der Waals surface area contributed by atoms with Crippen molar-refractivity contribution in [3.8, 4) is 0 Å². The molecule has 1 amide bonds. The highest BCUT2D eigenvalue weighted by Crippen LogP contribution is 2.20. The van der Waals surface area contributed by atoms with Crippen LogP contribution in [0.4, 0.5) is 0 Å². The van der Waals surface area contributed by atoms with Crippen LogP contribution in [-0.2, 0) is 14.8 Å². The van der Waals surface area contributed by atoms with E-state index in [2.05, 4.69) is 10.0 Å². The Morgan fingerprint density at radius 3 is 2.50 bits per heavy atom. The third-order valence-electron chi connectivity index (χ3n) is 4.72. The van der Waals surface area contributed by atoms with Crippen LogP contribution in [0.5, 0.6) is 0 Å². The Hall–Kier alpha value is -1.44. The van der Waals surface area contributed by atoms with Crippen molar-refractivity contribution in [2.45, 2.75) is 82.8 Å². The van der Waals surface area contributed by atoms with Crippen molar-refractivity contribution < 1.29 is 17.9 Å². The molecule has 0 unspecified atom stereocenters. The summed E-state index contributed by atoms with van der Waals surface area (Å²) in [4.78, 5) is 12.6. The first-order valence-corrected chi connectivity index (χ1v) is 11.6. The number of aryl methyl sites for hydroxylation is 1. The molecule has 2 rings (SSSR count). The van der Waals surface area contributed by atoms with Gasteiger partial charge in [-0.25, -0.2) is 13.1 Å². The van der Waals surface area contributed by atoms with Crippen LogP contribution in [0.2, 0.25) is 0 Å². The third kappa shape index (κ3) is 7.18. The van der Waals surface area contributed by atoms with E-state index >= 15 is 0 Å². The van der Waals surface area contributed by atoms with Crippen molar-refractivity contribution in [2.75, 3.05) is 13.2 Å². The van der Waals surface area contributed by atoms with Crippen LogP contribution in [0.25, 0.3) is 0 Å². The molecule has 2 N–H and O–H groups in total. The first-order valence-electron chi connectivity index (χ1n) is 10.1. The molecule has 0 heterocycles. The number of hydrogen-bond acceptors (Lipinski definition) is 4. The molecule has 1 aliphatic carbocycles. The summed E-state index contributed by atoms with van der Waals surface area (Å²) < 4.78 is 33.5. The molecule has 0 bridgehead atoms. The van der Waals surface area contributed by atoms with Gasteiger partial charge in [0, 0.05) is 24.3 Å². The van der Waals surface area contributed by atoms with Gasteiger partial charge >= 0.3 is 0 Å². The van der Waals surface area contributed by atoms with Crippen molar-refractivity contribution in [1.82, 2.24) is 10.0 Å². The number of nitrogens with one attached hydrogen (secondary N) is 2. The minimum Gasteiger partial charge on any atom is -0.378 e. The van der Waals surface area contributed by atoms with Crippen molar-refractivity contribution >= 4 is 15.9 Å². The minimum absolute atomic E-state index is 0.0961. The van der Waals surface area contributed by atoms with E-state index < -0.39 is 15.6 Å². The smallest absolute Gasteiger partial charge is 0.251 e. The van der Waals surface area contributed by atoms with Crippen LogP contribution in [0.3, 0.4) is 0 Å². The lowest BCUT2D eigenvalue weighted by atomic mass is 9.98. The Morgan fingerprint density at radius 2 is 1.86 bits per heavy atom. The number of rotatable bonds is 8. The SMILES string of the molecule is Cc1ccc(S(=O)(=O)NC(C)(C)C)cc1C(=O)NCCCOC1CCCCC1. The summed E-state index contributed by atoms with van der Waals surface area (Å²) in [6.07, 6.45) is 7.16. The van der Waals surface area contributed by atoms with Crippen LogP contribution in [0, 0.1) is 6.92 Å². The summed E-state index contributed by atoms with van der Waals surface area (Å²) >= 11 is 0. The van der Waals surface area contributed by atoms with E-state index in [1.807, 2.05) is 0 Å². The molecular formula is C21H34N2O4S. The fourth-order valence-electron chi connectivity index (χ4n) is 3.33. The van der Waals surface area contributed by atoms with Gasteiger partial charge < -0.3 is 10.1 Å². The van der Waals surface area contributed by atoms with Gasteiger partial charge in [-0.1, -0.05) is 25.3 Å². The average Bonchev–Trinajstić information content (AvgIpc) is 2.60. The summed E-state index contributed by atoms with van der Waals surface area (Å²) in [7, 11) is -3.68. The Bertz CT molecular complexity index is 763. The Balaban J connectivity index is 1.90. The Morgan fingerprint density at radius 1 is 1.18 bits per heavy atom. The topological polar surface area (TPSA) is 84.5 Å². The number of amides is 1. The molecule has 0 radical (unpaired) electrons. The second-order valence-corrected chi connectivity index (χ2v) is 10.3. The monoisotopic (exact) mass is 410 g/mol. The van der Waals surface area contributed by atoms with E-state index in [4.69, 9.17) is 4.74 Å². The van der Waals surface area contributed by atoms with E-state index in [1.54, 1.807) is 33.8 Å². The zero-order chi connectivity index (χ0) is 20.8. The molecule has 6 nitrogen and oxygen atoms in total. The van der Waals surface area contributed by atoms with Gasteiger partial charge in [0.25, 0.3) is 5.91 Å². The number of benzene rings is 1. The standard InChI is InChI=1S/C21H34N2O4S/c1-16-11-12-18(28(25,26)23-21(2,3)4)15-19(16)20(24)22-13-8-14-27-17-9-6-5-7-10-17/h11-12,15,17,23H,5-10,13-14H2,1-4H3,(H,22,24). The summed E-state index contributed by atoms with van der Waals surface area (Å²) in [5.74, 6) is -0.261. The molecular weight excluding hydrogens is 376 g/mol. The Kier molecular flexibility index (Phi) is 8.04. The zero-order valence-electron chi connectivity index (χ0n) is 17.5.